The Morgan fingerprint density at radius 1 is 1.45 bits per heavy atom. The maximum Gasteiger partial charge on any atom is 0.328 e. The minimum atomic E-state index is -0.362. The highest BCUT2D eigenvalue weighted by atomic mass is 35.5. The Balaban J connectivity index is 2.24. The molecule has 0 spiro atoms. The van der Waals surface area contributed by atoms with Gasteiger partial charge in [0, 0.05) is 24.4 Å². The van der Waals surface area contributed by atoms with Crippen LogP contribution in [-0.2, 0) is 7.05 Å². The molecule has 102 valence electrons. The standard InChI is InChI=1S/C14H12ClN3O2/c1-7(11-13(19)18(2)14(20)17-11)9-6-16-12-8(9)4-3-5-10(12)15/h3-6,19H,1-2H3,(H,17,20). The molecule has 1 aromatic carbocycles. The molecule has 0 unspecified atom stereocenters. The van der Waals surface area contributed by atoms with Crippen molar-refractivity contribution in [3.8, 4) is 5.88 Å². The summed E-state index contributed by atoms with van der Waals surface area (Å²) in [5, 5.41) is 10.6. The highest BCUT2D eigenvalue weighted by molar-refractivity contribution is 6.36. The molecule has 20 heavy (non-hydrogen) atoms. The molecule has 5 nitrogen and oxygen atoms in total. The first-order valence-corrected chi connectivity index (χ1v) is 6.40. The van der Waals surface area contributed by atoms with E-state index in [0.29, 0.717) is 16.4 Å². The van der Waals surface area contributed by atoms with Crippen molar-refractivity contribution in [2.24, 2.45) is 12.0 Å². The van der Waals surface area contributed by atoms with Crippen molar-refractivity contribution in [2.75, 3.05) is 0 Å². The summed E-state index contributed by atoms with van der Waals surface area (Å²) < 4.78 is 1.16. The number of allylic oxidation sites excluding steroid dienone is 2. The number of rotatable bonds is 1. The number of halogens is 1. The Hall–Kier alpha value is -2.27. The molecule has 0 atom stereocenters. The molecular weight excluding hydrogens is 278 g/mol. The van der Waals surface area contributed by atoms with Gasteiger partial charge < -0.3 is 10.1 Å². The van der Waals surface area contributed by atoms with Crippen molar-refractivity contribution in [2.45, 2.75) is 6.92 Å². The SMILES string of the molecule is CC(=C1C=Nc2c(Cl)cccc21)c1[nH]c(=O)n(C)c1O. The lowest BCUT2D eigenvalue weighted by molar-refractivity contribution is 0.428. The predicted molar refractivity (Wildman–Crippen MR) is 79.8 cm³/mol. The average molecular weight is 290 g/mol. The van der Waals surface area contributed by atoms with Gasteiger partial charge >= 0.3 is 5.69 Å². The molecule has 1 aliphatic rings. The number of hydrogen-bond donors (Lipinski definition) is 2. The van der Waals surface area contributed by atoms with Crippen LogP contribution in [0, 0.1) is 0 Å². The largest absolute Gasteiger partial charge is 0.493 e. The van der Waals surface area contributed by atoms with Gasteiger partial charge in [0.05, 0.1) is 10.7 Å². The van der Waals surface area contributed by atoms with Gasteiger partial charge in [-0.15, -0.1) is 0 Å². The fourth-order valence-corrected chi connectivity index (χ4v) is 2.49. The molecule has 0 fully saturated rings. The zero-order valence-electron chi connectivity index (χ0n) is 10.9. The molecule has 2 aromatic rings. The third-order valence-corrected chi connectivity index (χ3v) is 3.76. The lowest BCUT2D eigenvalue weighted by Gasteiger charge is -2.06. The first-order valence-electron chi connectivity index (χ1n) is 6.03. The molecule has 3 rings (SSSR count). The third-order valence-electron chi connectivity index (χ3n) is 3.46. The second-order valence-corrected chi connectivity index (χ2v) is 5.03. The van der Waals surface area contributed by atoms with Gasteiger partial charge in [-0.1, -0.05) is 23.7 Å². The molecule has 0 aliphatic carbocycles. The molecular formula is C14H12ClN3O2. The molecule has 0 bridgehead atoms. The minimum absolute atomic E-state index is 0.0936. The summed E-state index contributed by atoms with van der Waals surface area (Å²) in [4.78, 5) is 18.5. The molecule has 0 saturated heterocycles. The number of imidazole rings is 1. The van der Waals surface area contributed by atoms with Gasteiger partial charge in [0.25, 0.3) is 0 Å². The fourth-order valence-electron chi connectivity index (χ4n) is 2.27. The van der Waals surface area contributed by atoms with E-state index in [9.17, 15) is 9.90 Å². The Labute approximate surface area is 119 Å². The van der Waals surface area contributed by atoms with Crippen molar-refractivity contribution in [3.05, 3.63) is 45.0 Å². The summed E-state index contributed by atoms with van der Waals surface area (Å²) in [5.41, 5.74) is 3.20. The van der Waals surface area contributed by atoms with E-state index in [-0.39, 0.29) is 11.6 Å². The number of aliphatic imine (C=N–C) groups is 1. The van der Waals surface area contributed by atoms with Crippen LogP contribution >= 0.6 is 11.6 Å². The van der Waals surface area contributed by atoms with Crippen LogP contribution in [-0.4, -0.2) is 20.9 Å². The van der Waals surface area contributed by atoms with Crippen LogP contribution in [0.15, 0.2) is 28.0 Å². The number of benzene rings is 1. The number of aromatic amines is 1. The Morgan fingerprint density at radius 2 is 2.20 bits per heavy atom. The lowest BCUT2D eigenvalue weighted by Crippen LogP contribution is -2.11. The lowest BCUT2D eigenvalue weighted by atomic mass is 10.0. The minimum Gasteiger partial charge on any atom is -0.493 e. The molecule has 1 aromatic heterocycles. The second-order valence-electron chi connectivity index (χ2n) is 4.62. The number of hydrogen-bond acceptors (Lipinski definition) is 3. The zero-order valence-corrected chi connectivity index (χ0v) is 11.7. The Kier molecular flexibility index (Phi) is 2.79. The third kappa shape index (κ3) is 1.71. The monoisotopic (exact) mass is 289 g/mol. The number of aromatic hydroxyl groups is 1. The zero-order chi connectivity index (χ0) is 14.4. The van der Waals surface area contributed by atoms with E-state index in [0.717, 1.165) is 21.3 Å². The maximum absolute atomic E-state index is 11.5. The van der Waals surface area contributed by atoms with E-state index in [1.54, 1.807) is 12.3 Å². The van der Waals surface area contributed by atoms with Crippen LogP contribution in [0.25, 0.3) is 11.1 Å². The molecule has 2 heterocycles. The van der Waals surface area contributed by atoms with E-state index in [2.05, 4.69) is 9.98 Å². The second kappa shape index (κ2) is 4.38. The topological polar surface area (TPSA) is 70.4 Å². The number of fused-ring (bicyclic) bond motifs is 1. The van der Waals surface area contributed by atoms with Crippen LogP contribution in [0.4, 0.5) is 5.69 Å². The van der Waals surface area contributed by atoms with Gasteiger partial charge in [0.1, 0.15) is 5.69 Å². The van der Waals surface area contributed by atoms with Crippen molar-refractivity contribution >= 4 is 34.6 Å². The van der Waals surface area contributed by atoms with Crippen LogP contribution in [0.1, 0.15) is 18.2 Å². The van der Waals surface area contributed by atoms with E-state index in [1.807, 2.05) is 19.1 Å². The van der Waals surface area contributed by atoms with Crippen molar-refractivity contribution < 1.29 is 5.11 Å². The summed E-state index contributed by atoms with van der Waals surface area (Å²) >= 11 is 6.10. The van der Waals surface area contributed by atoms with E-state index in [1.165, 1.54) is 7.05 Å². The summed E-state index contributed by atoms with van der Waals surface area (Å²) in [7, 11) is 1.50. The molecule has 6 heteroatoms. The molecule has 2 N–H and O–H groups in total. The van der Waals surface area contributed by atoms with E-state index >= 15 is 0 Å². The quantitative estimate of drug-likeness (QED) is 0.847. The number of nitrogens with zero attached hydrogens (tertiary/aromatic N) is 2. The summed E-state index contributed by atoms with van der Waals surface area (Å²) in [6.07, 6.45) is 1.69. The highest BCUT2D eigenvalue weighted by Crippen LogP contribution is 2.40. The molecule has 0 saturated carbocycles. The Morgan fingerprint density at radius 3 is 2.85 bits per heavy atom. The van der Waals surface area contributed by atoms with Crippen molar-refractivity contribution in [1.82, 2.24) is 9.55 Å². The van der Waals surface area contributed by atoms with Crippen molar-refractivity contribution in [1.29, 1.82) is 0 Å². The van der Waals surface area contributed by atoms with Crippen molar-refractivity contribution in [3.63, 3.8) is 0 Å². The first kappa shape index (κ1) is 12.7. The van der Waals surface area contributed by atoms with Gasteiger partial charge in [-0.2, -0.15) is 0 Å². The van der Waals surface area contributed by atoms with Crippen LogP contribution < -0.4 is 5.69 Å². The normalized spacial score (nSPS) is 15.6. The van der Waals surface area contributed by atoms with Gasteiger partial charge in [-0.3, -0.25) is 9.56 Å². The van der Waals surface area contributed by atoms with Crippen LogP contribution in [0.2, 0.25) is 5.02 Å². The number of aromatic nitrogens is 2. The van der Waals surface area contributed by atoms with E-state index < -0.39 is 0 Å². The van der Waals surface area contributed by atoms with Gasteiger partial charge in [0.15, 0.2) is 0 Å². The number of H-pyrrole nitrogens is 1. The number of nitrogens with one attached hydrogen (secondary N) is 1. The Bertz CT molecular complexity index is 827. The van der Waals surface area contributed by atoms with Crippen LogP contribution in [0.5, 0.6) is 5.88 Å². The first-order chi connectivity index (χ1) is 9.50. The smallest absolute Gasteiger partial charge is 0.328 e. The average Bonchev–Trinajstić information content (AvgIpc) is 2.96. The van der Waals surface area contributed by atoms with Gasteiger partial charge in [0.2, 0.25) is 5.88 Å². The summed E-state index contributed by atoms with van der Waals surface area (Å²) in [6.45, 7) is 1.82. The fraction of sp³-hybridized carbons (Fsp3) is 0.143. The van der Waals surface area contributed by atoms with Gasteiger partial charge in [-0.05, 0) is 18.6 Å². The van der Waals surface area contributed by atoms with Crippen LogP contribution in [0.3, 0.4) is 0 Å². The number of para-hydroxylation sites is 1. The molecule has 0 amide bonds. The van der Waals surface area contributed by atoms with E-state index in [4.69, 9.17) is 11.6 Å². The predicted octanol–water partition coefficient (Wildman–Crippen LogP) is 2.72. The maximum atomic E-state index is 11.5. The highest BCUT2D eigenvalue weighted by Gasteiger charge is 2.20. The molecule has 0 radical (unpaired) electrons. The summed E-state index contributed by atoms with van der Waals surface area (Å²) in [5.74, 6) is -0.0936. The summed E-state index contributed by atoms with van der Waals surface area (Å²) in [6, 6.07) is 5.53. The molecule has 1 aliphatic heterocycles. The van der Waals surface area contributed by atoms with Gasteiger partial charge in [-0.25, -0.2) is 4.79 Å².